The summed E-state index contributed by atoms with van der Waals surface area (Å²) < 4.78 is 5.47. The SMILES string of the molecule is CCC(C(C)=O)c1cc(OC(C)C)ncn1. The molecule has 1 aromatic rings. The minimum Gasteiger partial charge on any atom is -0.475 e. The molecular formula is C12H18N2O2. The Morgan fingerprint density at radius 2 is 2.12 bits per heavy atom. The van der Waals surface area contributed by atoms with Crippen molar-refractivity contribution in [3.8, 4) is 5.88 Å². The maximum absolute atomic E-state index is 11.4. The zero-order chi connectivity index (χ0) is 12.1. The van der Waals surface area contributed by atoms with Gasteiger partial charge in [-0.15, -0.1) is 0 Å². The van der Waals surface area contributed by atoms with Gasteiger partial charge in [0, 0.05) is 6.07 Å². The molecule has 0 radical (unpaired) electrons. The van der Waals surface area contributed by atoms with E-state index in [4.69, 9.17) is 4.74 Å². The van der Waals surface area contributed by atoms with Crippen LogP contribution >= 0.6 is 0 Å². The molecular weight excluding hydrogens is 204 g/mol. The molecule has 0 fully saturated rings. The Morgan fingerprint density at radius 3 is 2.62 bits per heavy atom. The van der Waals surface area contributed by atoms with Crippen molar-refractivity contribution < 1.29 is 9.53 Å². The van der Waals surface area contributed by atoms with E-state index in [1.165, 1.54) is 6.33 Å². The highest BCUT2D eigenvalue weighted by molar-refractivity contribution is 5.82. The van der Waals surface area contributed by atoms with Gasteiger partial charge in [-0.3, -0.25) is 4.79 Å². The lowest BCUT2D eigenvalue weighted by molar-refractivity contribution is -0.118. The Hall–Kier alpha value is -1.45. The van der Waals surface area contributed by atoms with Crippen molar-refractivity contribution in [1.82, 2.24) is 9.97 Å². The molecule has 1 atom stereocenters. The molecule has 88 valence electrons. The van der Waals surface area contributed by atoms with Crippen LogP contribution in [0.15, 0.2) is 12.4 Å². The largest absolute Gasteiger partial charge is 0.475 e. The average molecular weight is 222 g/mol. The number of ketones is 1. The van der Waals surface area contributed by atoms with Gasteiger partial charge in [-0.1, -0.05) is 6.92 Å². The van der Waals surface area contributed by atoms with E-state index in [9.17, 15) is 4.79 Å². The van der Waals surface area contributed by atoms with Crippen LogP contribution in [-0.4, -0.2) is 21.9 Å². The minimum atomic E-state index is -0.155. The van der Waals surface area contributed by atoms with E-state index in [1.807, 2.05) is 20.8 Å². The highest BCUT2D eigenvalue weighted by Crippen LogP contribution is 2.21. The second-order valence-corrected chi connectivity index (χ2v) is 4.02. The van der Waals surface area contributed by atoms with Gasteiger partial charge in [0.2, 0.25) is 5.88 Å². The molecule has 0 saturated carbocycles. The third kappa shape index (κ3) is 3.29. The first kappa shape index (κ1) is 12.6. The summed E-state index contributed by atoms with van der Waals surface area (Å²) >= 11 is 0. The number of hydrogen-bond donors (Lipinski definition) is 0. The Bertz CT molecular complexity index is 364. The molecule has 0 amide bonds. The van der Waals surface area contributed by atoms with Gasteiger partial charge in [0.05, 0.1) is 17.7 Å². The van der Waals surface area contributed by atoms with E-state index in [-0.39, 0.29) is 17.8 Å². The fourth-order valence-electron chi connectivity index (χ4n) is 1.55. The third-order valence-electron chi connectivity index (χ3n) is 2.28. The fraction of sp³-hybridized carbons (Fsp3) is 0.583. The van der Waals surface area contributed by atoms with Crippen LogP contribution in [0.4, 0.5) is 0 Å². The number of carbonyl (C=O) groups excluding carboxylic acids is 1. The second-order valence-electron chi connectivity index (χ2n) is 4.02. The number of ether oxygens (including phenoxy) is 1. The van der Waals surface area contributed by atoms with Gasteiger partial charge in [0.15, 0.2) is 0 Å². The van der Waals surface area contributed by atoms with Crippen molar-refractivity contribution in [1.29, 1.82) is 0 Å². The lowest BCUT2D eigenvalue weighted by Gasteiger charge is -2.13. The van der Waals surface area contributed by atoms with Gasteiger partial charge in [-0.25, -0.2) is 9.97 Å². The monoisotopic (exact) mass is 222 g/mol. The van der Waals surface area contributed by atoms with Gasteiger partial charge in [0.1, 0.15) is 12.1 Å². The fourth-order valence-corrected chi connectivity index (χ4v) is 1.55. The number of aromatic nitrogens is 2. The minimum absolute atomic E-state index is 0.0696. The Morgan fingerprint density at radius 1 is 1.44 bits per heavy atom. The summed E-state index contributed by atoms with van der Waals surface area (Å²) in [6.45, 7) is 7.42. The van der Waals surface area contributed by atoms with Crippen LogP contribution in [0.1, 0.15) is 45.7 Å². The predicted molar refractivity (Wildman–Crippen MR) is 61.5 cm³/mol. The predicted octanol–water partition coefficient (Wildman–Crippen LogP) is 2.35. The first-order chi connectivity index (χ1) is 7.54. The van der Waals surface area contributed by atoms with Crippen LogP contribution < -0.4 is 4.74 Å². The summed E-state index contributed by atoms with van der Waals surface area (Å²) in [5, 5.41) is 0. The summed E-state index contributed by atoms with van der Waals surface area (Å²) in [7, 11) is 0. The van der Waals surface area contributed by atoms with Crippen LogP contribution in [0, 0.1) is 0 Å². The topological polar surface area (TPSA) is 52.1 Å². The first-order valence-electron chi connectivity index (χ1n) is 5.53. The first-order valence-corrected chi connectivity index (χ1v) is 5.53. The van der Waals surface area contributed by atoms with Crippen molar-refractivity contribution in [2.45, 2.75) is 46.1 Å². The van der Waals surface area contributed by atoms with Crippen molar-refractivity contribution in [3.63, 3.8) is 0 Å². The summed E-state index contributed by atoms with van der Waals surface area (Å²) in [6.07, 6.45) is 2.26. The van der Waals surface area contributed by atoms with Gasteiger partial charge in [-0.05, 0) is 27.2 Å². The highest BCUT2D eigenvalue weighted by atomic mass is 16.5. The molecule has 4 heteroatoms. The van der Waals surface area contributed by atoms with Crippen LogP contribution in [0.2, 0.25) is 0 Å². The molecule has 4 nitrogen and oxygen atoms in total. The van der Waals surface area contributed by atoms with Crippen molar-refractivity contribution >= 4 is 5.78 Å². The normalized spacial score (nSPS) is 12.6. The lowest BCUT2D eigenvalue weighted by Crippen LogP contribution is -2.12. The quantitative estimate of drug-likeness (QED) is 0.767. The maximum Gasteiger partial charge on any atom is 0.216 e. The summed E-state index contributed by atoms with van der Waals surface area (Å²) in [5.41, 5.74) is 0.737. The highest BCUT2D eigenvalue weighted by Gasteiger charge is 2.17. The number of hydrogen-bond acceptors (Lipinski definition) is 4. The van der Waals surface area contributed by atoms with Gasteiger partial charge >= 0.3 is 0 Å². The molecule has 0 spiro atoms. The number of nitrogens with zero attached hydrogens (tertiary/aromatic N) is 2. The smallest absolute Gasteiger partial charge is 0.216 e. The van der Waals surface area contributed by atoms with Crippen molar-refractivity contribution in [2.75, 3.05) is 0 Å². The number of rotatable bonds is 5. The molecule has 0 bridgehead atoms. The number of carbonyl (C=O) groups is 1. The Kier molecular flexibility index (Phi) is 4.40. The zero-order valence-corrected chi connectivity index (χ0v) is 10.2. The second kappa shape index (κ2) is 5.58. The van der Waals surface area contributed by atoms with Gasteiger partial charge < -0.3 is 4.74 Å². The molecule has 0 N–H and O–H groups in total. The van der Waals surface area contributed by atoms with Crippen LogP contribution in [0.3, 0.4) is 0 Å². The van der Waals surface area contributed by atoms with Crippen molar-refractivity contribution in [3.05, 3.63) is 18.1 Å². The molecule has 0 aromatic carbocycles. The molecule has 0 aliphatic heterocycles. The molecule has 1 unspecified atom stereocenters. The van der Waals surface area contributed by atoms with E-state index < -0.39 is 0 Å². The average Bonchev–Trinajstić information content (AvgIpc) is 2.17. The lowest BCUT2D eigenvalue weighted by atomic mass is 9.98. The number of Topliss-reactive ketones (excluding diaryl/α,β-unsaturated/α-hetero) is 1. The molecule has 0 aliphatic rings. The third-order valence-corrected chi connectivity index (χ3v) is 2.28. The standard InChI is InChI=1S/C12H18N2O2/c1-5-10(9(4)15)11-6-12(14-7-13-11)16-8(2)3/h6-8,10H,5H2,1-4H3. The molecule has 1 heterocycles. The maximum atomic E-state index is 11.4. The van der Waals surface area contributed by atoms with E-state index in [0.717, 1.165) is 12.1 Å². The van der Waals surface area contributed by atoms with Crippen LogP contribution in [-0.2, 0) is 4.79 Å². The van der Waals surface area contributed by atoms with Crippen LogP contribution in [0.5, 0.6) is 5.88 Å². The molecule has 0 aliphatic carbocycles. The molecule has 16 heavy (non-hydrogen) atoms. The molecule has 0 saturated heterocycles. The van der Waals surface area contributed by atoms with E-state index in [1.54, 1.807) is 13.0 Å². The zero-order valence-electron chi connectivity index (χ0n) is 10.2. The van der Waals surface area contributed by atoms with E-state index >= 15 is 0 Å². The van der Waals surface area contributed by atoms with Crippen LogP contribution in [0.25, 0.3) is 0 Å². The van der Waals surface area contributed by atoms with E-state index in [2.05, 4.69) is 9.97 Å². The summed E-state index contributed by atoms with van der Waals surface area (Å²) in [5.74, 6) is 0.494. The molecule has 1 rings (SSSR count). The van der Waals surface area contributed by atoms with Crippen molar-refractivity contribution in [2.24, 2.45) is 0 Å². The van der Waals surface area contributed by atoms with Gasteiger partial charge in [-0.2, -0.15) is 0 Å². The molecule has 1 aromatic heterocycles. The summed E-state index contributed by atoms with van der Waals surface area (Å²) in [4.78, 5) is 19.5. The van der Waals surface area contributed by atoms with E-state index in [0.29, 0.717) is 5.88 Å². The Labute approximate surface area is 96.1 Å². The summed E-state index contributed by atoms with van der Waals surface area (Å²) in [6, 6.07) is 1.75. The Balaban J connectivity index is 2.92. The van der Waals surface area contributed by atoms with Gasteiger partial charge in [0.25, 0.3) is 0 Å².